The Bertz CT molecular complexity index is 768. The lowest BCUT2D eigenvalue weighted by Gasteiger charge is -2.25. The first-order valence-corrected chi connectivity index (χ1v) is 8.12. The Hall–Kier alpha value is -2.75. The number of hydrogen-bond donors (Lipinski definition) is 1. The van der Waals surface area contributed by atoms with Crippen molar-refractivity contribution in [2.24, 2.45) is 5.92 Å². The number of carbonyl (C=O) groups excluding carboxylic acids is 1. The number of nitrogens with zero attached hydrogens (tertiary/aromatic N) is 3. The molecule has 3 rings (SSSR count). The van der Waals surface area contributed by atoms with Gasteiger partial charge in [-0.3, -0.25) is 4.79 Å². The number of carbonyl (C=O) groups is 1. The smallest absolute Gasteiger partial charge is 0.341 e. The van der Waals surface area contributed by atoms with E-state index in [9.17, 15) is 22.4 Å². The van der Waals surface area contributed by atoms with Crippen LogP contribution in [0.1, 0.15) is 17.0 Å². The van der Waals surface area contributed by atoms with Crippen LogP contribution in [0.5, 0.6) is 0 Å². The molecule has 0 spiro atoms. The molecule has 2 unspecified atom stereocenters. The lowest BCUT2D eigenvalue weighted by molar-refractivity contribution is -0.138. The number of halogens is 4. The van der Waals surface area contributed by atoms with Crippen LogP contribution in [0.2, 0.25) is 0 Å². The minimum Gasteiger partial charge on any atom is -0.341 e. The minimum atomic E-state index is -4.56. The first kappa shape index (κ1) is 19.0. The second-order valence-corrected chi connectivity index (χ2v) is 6.11. The second-order valence-electron chi connectivity index (χ2n) is 6.11. The largest absolute Gasteiger partial charge is 0.419 e. The van der Waals surface area contributed by atoms with E-state index in [0.717, 1.165) is 10.6 Å². The maximum absolute atomic E-state index is 13.1. The third kappa shape index (κ3) is 4.51. The number of nitrogens with one attached hydrogen (secondary N) is 1. The molecule has 1 saturated heterocycles. The maximum Gasteiger partial charge on any atom is 0.419 e. The van der Waals surface area contributed by atoms with Crippen molar-refractivity contribution >= 4 is 12.4 Å². The molecule has 1 aliphatic rings. The van der Waals surface area contributed by atoms with Gasteiger partial charge in [0, 0.05) is 37.3 Å². The molecule has 0 saturated carbocycles. The third-order valence-corrected chi connectivity index (χ3v) is 4.40. The topological polar surface area (TPSA) is 67.3 Å². The lowest BCUT2D eigenvalue weighted by Crippen LogP contribution is -2.33. The number of benzene rings is 1. The first-order chi connectivity index (χ1) is 12.9. The summed E-state index contributed by atoms with van der Waals surface area (Å²) in [5, 5.41) is 4.27. The fourth-order valence-electron chi connectivity index (χ4n) is 3.06. The van der Waals surface area contributed by atoms with Gasteiger partial charge in [0.1, 0.15) is 5.82 Å². The van der Waals surface area contributed by atoms with Gasteiger partial charge in [0.05, 0.1) is 12.1 Å². The van der Waals surface area contributed by atoms with Crippen LogP contribution in [0, 0.1) is 11.7 Å². The number of aromatic nitrogens is 2. The van der Waals surface area contributed by atoms with Crippen molar-refractivity contribution in [3.63, 3.8) is 0 Å². The van der Waals surface area contributed by atoms with Crippen molar-refractivity contribution < 1.29 is 27.2 Å². The van der Waals surface area contributed by atoms with E-state index in [-0.39, 0.29) is 36.6 Å². The predicted molar refractivity (Wildman–Crippen MR) is 87.0 cm³/mol. The van der Waals surface area contributed by atoms with Crippen molar-refractivity contribution in [1.82, 2.24) is 15.3 Å². The molecule has 1 aromatic carbocycles. The summed E-state index contributed by atoms with van der Waals surface area (Å²) in [7, 11) is 0. The summed E-state index contributed by atoms with van der Waals surface area (Å²) in [5.74, 6) is -0.538. The highest BCUT2D eigenvalue weighted by atomic mass is 19.4. The maximum atomic E-state index is 13.1. The van der Waals surface area contributed by atoms with Gasteiger partial charge in [0.2, 0.25) is 0 Å². The third-order valence-electron chi connectivity index (χ3n) is 4.40. The molecule has 0 amide bonds. The van der Waals surface area contributed by atoms with Crippen LogP contribution in [-0.4, -0.2) is 36.1 Å². The van der Waals surface area contributed by atoms with Gasteiger partial charge in [-0.15, -0.1) is 0 Å². The van der Waals surface area contributed by atoms with Crippen LogP contribution >= 0.6 is 0 Å². The molecule has 144 valence electrons. The molecule has 1 N–H and O–H groups in total. The molecule has 0 aliphatic carbocycles. The monoisotopic (exact) mass is 384 g/mol. The molecule has 1 aliphatic heterocycles. The van der Waals surface area contributed by atoms with Crippen molar-refractivity contribution in [1.29, 1.82) is 0 Å². The van der Waals surface area contributed by atoms with Crippen molar-refractivity contribution in [2.75, 3.05) is 24.7 Å². The molecule has 1 aromatic heterocycles. The van der Waals surface area contributed by atoms with Crippen LogP contribution in [0.25, 0.3) is 0 Å². The molecule has 0 radical (unpaired) electrons. The first-order valence-electron chi connectivity index (χ1n) is 8.12. The Labute approximate surface area is 152 Å². The van der Waals surface area contributed by atoms with Crippen LogP contribution in [0.3, 0.4) is 0 Å². The van der Waals surface area contributed by atoms with E-state index in [2.05, 4.69) is 15.3 Å². The summed E-state index contributed by atoms with van der Waals surface area (Å²) >= 11 is 0. The van der Waals surface area contributed by atoms with E-state index in [0.29, 0.717) is 25.5 Å². The van der Waals surface area contributed by atoms with E-state index >= 15 is 0 Å². The molecule has 2 atom stereocenters. The van der Waals surface area contributed by atoms with Gasteiger partial charge in [-0.2, -0.15) is 18.2 Å². The average molecular weight is 384 g/mol. The molecule has 1 fully saturated rings. The Morgan fingerprint density at radius 1 is 1.19 bits per heavy atom. The zero-order valence-electron chi connectivity index (χ0n) is 14.0. The molecule has 2 aromatic rings. The summed E-state index contributed by atoms with van der Waals surface area (Å²) in [4.78, 5) is 23.0. The van der Waals surface area contributed by atoms with E-state index < -0.39 is 11.7 Å². The highest BCUT2D eigenvalue weighted by molar-refractivity contribution is 5.42. The summed E-state index contributed by atoms with van der Waals surface area (Å²) in [6.45, 7) is 1.55. The standard InChI is InChI=1S/C17H16F4N4O2/c18-14-3-1-11(2-4-14)15-8-22-5-12(15)9-25(27-10-26)16-23-6-13(7-24-16)17(19,20)21/h1-4,6-7,10,12,15,22H,5,8-9H2. The van der Waals surface area contributed by atoms with Crippen molar-refractivity contribution in [3.8, 4) is 0 Å². The highest BCUT2D eigenvalue weighted by Crippen LogP contribution is 2.31. The van der Waals surface area contributed by atoms with Crippen LogP contribution < -0.4 is 10.4 Å². The van der Waals surface area contributed by atoms with Gasteiger partial charge >= 0.3 is 12.6 Å². The zero-order valence-corrected chi connectivity index (χ0v) is 14.0. The zero-order chi connectivity index (χ0) is 19.4. The SMILES string of the molecule is O=CON(CC1CNCC1c1ccc(F)cc1)c1ncc(C(F)(F)F)cn1. The summed E-state index contributed by atoms with van der Waals surface area (Å²) in [6.07, 6.45) is -3.29. The summed E-state index contributed by atoms with van der Waals surface area (Å²) in [6, 6.07) is 6.09. The van der Waals surface area contributed by atoms with E-state index in [1.807, 2.05) is 0 Å². The van der Waals surface area contributed by atoms with E-state index in [1.54, 1.807) is 12.1 Å². The van der Waals surface area contributed by atoms with E-state index in [4.69, 9.17) is 4.84 Å². The van der Waals surface area contributed by atoms with Crippen LogP contribution in [0.15, 0.2) is 36.7 Å². The number of anilines is 1. The molecule has 6 nitrogen and oxygen atoms in total. The average Bonchev–Trinajstić information content (AvgIpc) is 3.09. The quantitative estimate of drug-likeness (QED) is 0.469. The number of hydroxylamine groups is 1. The molecule has 0 bridgehead atoms. The van der Waals surface area contributed by atoms with Gasteiger partial charge in [-0.05, 0) is 17.7 Å². The van der Waals surface area contributed by atoms with Gasteiger partial charge in [0.15, 0.2) is 0 Å². The summed E-state index contributed by atoms with van der Waals surface area (Å²) < 4.78 is 51.1. The molecular formula is C17H16F4N4O2. The Morgan fingerprint density at radius 2 is 1.85 bits per heavy atom. The fraction of sp³-hybridized carbons (Fsp3) is 0.353. The Balaban J connectivity index is 1.77. The molecule has 27 heavy (non-hydrogen) atoms. The van der Waals surface area contributed by atoms with Gasteiger partial charge in [-0.1, -0.05) is 12.1 Å². The predicted octanol–water partition coefficient (Wildman–Crippen LogP) is 2.53. The molecule has 2 heterocycles. The Morgan fingerprint density at radius 3 is 2.44 bits per heavy atom. The minimum absolute atomic E-state index is 0.0119. The number of rotatable bonds is 6. The van der Waals surface area contributed by atoms with Crippen molar-refractivity contribution in [2.45, 2.75) is 12.1 Å². The van der Waals surface area contributed by atoms with Crippen LogP contribution in [-0.2, 0) is 15.8 Å². The van der Waals surface area contributed by atoms with Crippen molar-refractivity contribution in [3.05, 3.63) is 53.6 Å². The van der Waals surface area contributed by atoms with Gasteiger partial charge < -0.3 is 10.2 Å². The normalized spacial score (nSPS) is 19.7. The van der Waals surface area contributed by atoms with Gasteiger partial charge in [0.25, 0.3) is 5.95 Å². The Kier molecular flexibility index (Phi) is 5.54. The highest BCUT2D eigenvalue weighted by Gasteiger charge is 2.33. The molecule has 10 heteroatoms. The number of hydrogen-bond acceptors (Lipinski definition) is 6. The molecular weight excluding hydrogens is 368 g/mol. The van der Waals surface area contributed by atoms with E-state index in [1.165, 1.54) is 12.1 Å². The van der Waals surface area contributed by atoms with Crippen LogP contribution in [0.4, 0.5) is 23.5 Å². The fourth-order valence-corrected chi connectivity index (χ4v) is 3.06. The van der Waals surface area contributed by atoms with Gasteiger partial charge in [-0.25, -0.2) is 14.4 Å². The number of alkyl halides is 3. The summed E-state index contributed by atoms with van der Waals surface area (Å²) in [5.41, 5.74) is -0.0881. The lowest BCUT2D eigenvalue weighted by atomic mass is 9.89. The second kappa shape index (κ2) is 7.87.